The van der Waals surface area contributed by atoms with Crippen molar-refractivity contribution in [3.8, 4) is 0 Å². The number of pyridine rings is 1. The molecule has 0 radical (unpaired) electrons. The molecule has 3 aromatic rings. The van der Waals surface area contributed by atoms with E-state index in [0.29, 0.717) is 62.4 Å². The zero-order chi connectivity index (χ0) is 29.0. The van der Waals surface area contributed by atoms with E-state index >= 15 is 0 Å². The number of rotatable bonds is 5. The zero-order valence-electron chi connectivity index (χ0n) is 23.1. The molecule has 2 N–H and O–H groups in total. The van der Waals surface area contributed by atoms with Crippen LogP contribution in [0.15, 0.2) is 60.8 Å². The summed E-state index contributed by atoms with van der Waals surface area (Å²) in [7, 11) is 0. The summed E-state index contributed by atoms with van der Waals surface area (Å²) >= 11 is 0. The molecular weight excluding hydrogens is 534 g/mol. The Morgan fingerprint density at radius 1 is 0.905 bits per heavy atom. The fourth-order valence-corrected chi connectivity index (χ4v) is 6.64. The SMILES string of the molecule is O=C1CCC(N2Cc3cc(C4(O)CCN(Cc5ccc6c(c5)C(=O)N(c5ccccn5)C6)CC4)ccc3C2=O)C(=O)N1. The number of piperidine rings is 2. The first-order chi connectivity index (χ1) is 20.3. The molecule has 1 atom stereocenters. The van der Waals surface area contributed by atoms with Gasteiger partial charge < -0.3 is 10.0 Å². The first-order valence-corrected chi connectivity index (χ1v) is 14.4. The normalized spacial score (nSPS) is 21.9. The minimum Gasteiger partial charge on any atom is -0.385 e. The molecule has 2 fully saturated rings. The van der Waals surface area contributed by atoms with Crippen molar-refractivity contribution in [2.45, 2.75) is 57.0 Å². The number of anilines is 1. The van der Waals surface area contributed by atoms with Gasteiger partial charge in [0.05, 0.1) is 12.1 Å². The number of nitrogens with zero attached hydrogens (tertiary/aromatic N) is 4. The number of likely N-dealkylation sites (tertiary alicyclic amines) is 1. The second kappa shape index (κ2) is 10.1. The van der Waals surface area contributed by atoms with Crippen molar-refractivity contribution in [1.82, 2.24) is 20.1 Å². The maximum Gasteiger partial charge on any atom is 0.260 e. The first kappa shape index (κ1) is 26.5. The van der Waals surface area contributed by atoms with Crippen LogP contribution in [0.25, 0.3) is 0 Å². The largest absolute Gasteiger partial charge is 0.385 e. The topological polar surface area (TPSA) is 123 Å². The lowest BCUT2D eigenvalue weighted by Crippen LogP contribution is -2.52. The molecule has 10 heteroatoms. The Labute approximate surface area is 242 Å². The van der Waals surface area contributed by atoms with Crippen molar-refractivity contribution >= 4 is 29.4 Å². The highest BCUT2D eigenvalue weighted by molar-refractivity contribution is 6.09. The molecule has 1 aromatic heterocycles. The second-order valence-electron chi connectivity index (χ2n) is 11.7. The van der Waals surface area contributed by atoms with Crippen LogP contribution < -0.4 is 10.2 Å². The minimum absolute atomic E-state index is 0.0372. The number of nitrogens with one attached hydrogen (secondary N) is 1. The summed E-state index contributed by atoms with van der Waals surface area (Å²) < 4.78 is 0. The van der Waals surface area contributed by atoms with E-state index in [4.69, 9.17) is 0 Å². The number of benzene rings is 2. The summed E-state index contributed by atoms with van der Waals surface area (Å²) in [6.07, 6.45) is 3.29. The van der Waals surface area contributed by atoms with Crippen LogP contribution in [-0.2, 0) is 34.8 Å². The van der Waals surface area contributed by atoms with E-state index in [2.05, 4.69) is 21.3 Å². The van der Waals surface area contributed by atoms with Crippen molar-refractivity contribution in [2.24, 2.45) is 0 Å². The van der Waals surface area contributed by atoms with E-state index in [1.807, 2.05) is 42.5 Å². The third-order valence-electron chi connectivity index (χ3n) is 9.05. The number of carbonyl (C=O) groups excluding carboxylic acids is 4. The molecule has 5 heterocycles. The Hall–Kier alpha value is -4.41. The highest BCUT2D eigenvalue weighted by atomic mass is 16.3. The Morgan fingerprint density at radius 3 is 2.50 bits per heavy atom. The molecule has 2 aromatic carbocycles. The van der Waals surface area contributed by atoms with E-state index in [0.717, 1.165) is 22.3 Å². The van der Waals surface area contributed by atoms with Gasteiger partial charge in [0.1, 0.15) is 11.9 Å². The quantitative estimate of drug-likeness (QED) is 0.456. The molecule has 42 heavy (non-hydrogen) atoms. The minimum atomic E-state index is -1.02. The number of imide groups is 1. The van der Waals surface area contributed by atoms with Gasteiger partial charge in [-0.3, -0.25) is 34.3 Å². The lowest BCUT2D eigenvalue weighted by molar-refractivity contribution is -0.136. The Morgan fingerprint density at radius 2 is 1.74 bits per heavy atom. The molecule has 7 rings (SSSR count). The summed E-state index contributed by atoms with van der Waals surface area (Å²) in [5.41, 5.74) is 3.85. The van der Waals surface area contributed by atoms with Gasteiger partial charge in [-0.1, -0.05) is 30.3 Å². The molecule has 214 valence electrons. The van der Waals surface area contributed by atoms with Gasteiger partial charge in [0, 0.05) is 49.9 Å². The average Bonchev–Trinajstić information content (AvgIpc) is 3.50. The third-order valence-corrected chi connectivity index (χ3v) is 9.05. The molecule has 0 saturated carbocycles. The molecular formula is C32H31N5O5. The molecule has 0 bridgehead atoms. The van der Waals surface area contributed by atoms with Gasteiger partial charge in [-0.15, -0.1) is 0 Å². The van der Waals surface area contributed by atoms with Gasteiger partial charge in [0.2, 0.25) is 11.8 Å². The van der Waals surface area contributed by atoms with Crippen LogP contribution in [0.5, 0.6) is 0 Å². The second-order valence-corrected chi connectivity index (χ2v) is 11.7. The smallest absolute Gasteiger partial charge is 0.260 e. The van der Waals surface area contributed by atoms with Gasteiger partial charge in [0.15, 0.2) is 0 Å². The predicted molar refractivity (Wildman–Crippen MR) is 152 cm³/mol. The molecule has 10 nitrogen and oxygen atoms in total. The highest BCUT2D eigenvalue weighted by Crippen LogP contribution is 2.37. The van der Waals surface area contributed by atoms with Crippen molar-refractivity contribution in [3.63, 3.8) is 0 Å². The van der Waals surface area contributed by atoms with Crippen LogP contribution in [0.4, 0.5) is 5.82 Å². The van der Waals surface area contributed by atoms with E-state index in [-0.39, 0.29) is 30.7 Å². The van der Waals surface area contributed by atoms with Crippen LogP contribution in [-0.4, -0.2) is 62.7 Å². The zero-order valence-corrected chi connectivity index (χ0v) is 23.1. The van der Waals surface area contributed by atoms with E-state index < -0.39 is 17.6 Å². The molecule has 0 spiro atoms. The summed E-state index contributed by atoms with van der Waals surface area (Å²) in [6.45, 7) is 2.84. The van der Waals surface area contributed by atoms with Gasteiger partial charge in [-0.25, -0.2) is 4.98 Å². The third kappa shape index (κ3) is 4.56. The standard InChI is InChI=1S/C32H31N5O5/c38-28-9-8-26(29(39)34-28)36-19-22-16-23(6-7-24(22)30(36)40)32(42)10-13-35(14-11-32)17-20-4-5-21-18-37(31(41)25(21)15-20)27-3-1-2-12-33-27/h1-7,12,15-16,26,42H,8-11,13-14,17-19H2,(H,34,38,39). The van der Waals surface area contributed by atoms with Gasteiger partial charge in [0.25, 0.3) is 11.8 Å². The van der Waals surface area contributed by atoms with Crippen LogP contribution >= 0.6 is 0 Å². The number of aromatic nitrogens is 1. The van der Waals surface area contributed by atoms with Crippen LogP contribution in [0, 0.1) is 0 Å². The van der Waals surface area contributed by atoms with Crippen molar-refractivity contribution in [1.29, 1.82) is 0 Å². The first-order valence-electron chi connectivity index (χ1n) is 14.4. The summed E-state index contributed by atoms with van der Waals surface area (Å²) in [5, 5.41) is 14.0. The Bertz CT molecular complexity index is 1610. The summed E-state index contributed by atoms with van der Waals surface area (Å²) in [4.78, 5) is 59.9. The molecule has 1 unspecified atom stereocenters. The molecule has 0 aliphatic carbocycles. The molecule has 4 aliphatic heterocycles. The Balaban J connectivity index is 0.999. The van der Waals surface area contributed by atoms with Crippen LogP contribution in [0.1, 0.15) is 68.7 Å². The molecule has 4 amide bonds. The average molecular weight is 566 g/mol. The lowest BCUT2D eigenvalue weighted by Gasteiger charge is -2.38. The number of amides is 4. The maximum atomic E-state index is 13.1. The summed E-state index contributed by atoms with van der Waals surface area (Å²) in [5.74, 6) is -0.353. The predicted octanol–water partition coefficient (Wildman–Crippen LogP) is 2.49. The van der Waals surface area contributed by atoms with Crippen molar-refractivity contribution < 1.29 is 24.3 Å². The number of hydrogen-bond acceptors (Lipinski definition) is 7. The number of carbonyl (C=O) groups is 4. The number of hydrogen-bond donors (Lipinski definition) is 2. The maximum absolute atomic E-state index is 13.1. The lowest BCUT2D eigenvalue weighted by atomic mass is 9.83. The fourth-order valence-electron chi connectivity index (χ4n) is 6.64. The number of fused-ring (bicyclic) bond motifs is 2. The van der Waals surface area contributed by atoms with Crippen LogP contribution in [0.3, 0.4) is 0 Å². The Kier molecular flexibility index (Phi) is 6.40. The van der Waals surface area contributed by atoms with E-state index in [1.54, 1.807) is 17.2 Å². The van der Waals surface area contributed by atoms with Crippen molar-refractivity contribution in [2.75, 3.05) is 18.0 Å². The van der Waals surface area contributed by atoms with E-state index in [9.17, 15) is 24.3 Å². The van der Waals surface area contributed by atoms with E-state index in [1.165, 1.54) is 4.90 Å². The summed E-state index contributed by atoms with van der Waals surface area (Å²) in [6, 6.07) is 16.4. The molecule has 4 aliphatic rings. The molecule has 2 saturated heterocycles. The highest BCUT2D eigenvalue weighted by Gasteiger charge is 2.41. The van der Waals surface area contributed by atoms with Gasteiger partial charge in [-0.05, 0) is 65.8 Å². The van der Waals surface area contributed by atoms with Gasteiger partial charge >= 0.3 is 0 Å². The van der Waals surface area contributed by atoms with Crippen LogP contribution in [0.2, 0.25) is 0 Å². The number of aliphatic hydroxyl groups is 1. The van der Waals surface area contributed by atoms with Crippen molar-refractivity contribution in [3.05, 3.63) is 94.2 Å². The monoisotopic (exact) mass is 565 g/mol. The van der Waals surface area contributed by atoms with Gasteiger partial charge in [-0.2, -0.15) is 0 Å². The fraction of sp³-hybridized carbons (Fsp3) is 0.344.